The third kappa shape index (κ3) is 3.45. The van der Waals surface area contributed by atoms with Gasteiger partial charge in [-0.3, -0.25) is 0 Å². The summed E-state index contributed by atoms with van der Waals surface area (Å²) < 4.78 is 68.8. The molecule has 174 valence electrons. The number of halogens is 5. The molecule has 3 aromatic carbocycles. The first-order chi connectivity index (χ1) is 16.2. The van der Waals surface area contributed by atoms with Crippen LogP contribution in [0.4, 0.5) is 33.3 Å². The van der Waals surface area contributed by atoms with Crippen LogP contribution < -0.4 is 4.90 Å². The summed E-state index contributed by atoms with van der Waals surface area (Å²) in [6.45, 7) is 4.46. The SMILES string of the molecule is CC1(C)c2ccccc2N(c2ccc(Sc3c(F)c(F)c(F)c(F)c3F)cc2)C2C=CC=CC21. The van der Waals surface area contributed by atoms with Gasteiger partial charge < -0.3 is 4.90 Å². The van der Waals surface area contributed by atoms with Gasteiger partial charge in [0.05, 0.1) is 10.9 Å². The Balaban J connectivity index is 1.53. The first-order valence-corrected chi connectivity index (χ1v) is 11.6. The highest BCUT2D eigenvalue weighted by Gasteiger charge is 2.44. The second-order valence-corrected chi connectivity index (χ2v) is 9.97. The van der Waals surface area contributed by atoms with Crippen molar-refractivity contribution < 1.29 is 22.0 Å². The third-order valence-corrected chi connectivity index (χ3v) is 7.67. The first-order valence-electron chi connectivity index (χ1n) is 10.7. The molecule has 0 bridgehead atoms. The maximum atomic E-state index is 14.1. The minimum Gasteiger partial charge on any atom is -0.334 e. The van der Waals surface area contributed by atoms with E-state index in [1.54, 1.807) is 24.3 Å². The highest BCUT2D eigenvalue weighted by Crippen LogP contribution is 2.50. The van der Waals surface area contributed by atoms with Crippen molar-refractivity contribution >= 4 is 23.1 Å². The molecular formula is C27H20F5NS. The van der Waals surface area contributed by atoms with E-state index in [1.807, 2.05) is 18.2 Å². The lowest BCUT2D eigenvalue weighted by atomic mass is 9.65. The standard InChI is InChI=1S/C27H20F5NS/c1-27(2)17-7-3-5-9-19(17)33(20-10-6-4-8-18(20)27)15-11-13-16(14-12-15)34-26-24(31)22(29)21(28)23(30)25(26)32/h3-14,17,19H,1-2H3. The van der Waals surface area contributed by atoms with Crippen LogP contribution in [0.2, 0.25) is 0 Å². The monoisotopic (exact) mass is 485 g/mol. The number of para-hydroxylation sites is 1. The van der Waals surface area contributed by atoms with Gasteiger partial charge >= 0.3 is 0 Å². The summed E-state index contributed by atoms with van der Waals surface area (Å²) in [7, 11) is 0. The number of fused-ring (bicyclic) bond motifs is 2. The summed E-state index contributed by atoms with van der Waals surface area (Å²) in [6, 6.07) is 15.1. The van der Waals surface area contributed by atoms with Crippen molar-refractivity contribution in [3.8, 4) is 0 Å². The van der Waals surface area contributed by atoms with Crippen molar-refractivity contribution in [2.45, 2.75) is 35.1 Å². The summed E-state index contributed by atoms with van der Waals surface area (Å²) in [6.07, 6.45) is 8.44. The Labute approximate surface area is 198 Å². The predicted molar refractivity (Wildman–Crippen MR) is 124 cm³/mol. The summed E-state index contributed by atoms with van der Waals surface area (Å²) in [5, 5.41) is 0. The normalized spacial score (nSPS) is 20.3. The zero-order valence-electron chi connectivity index (χ0n) is 18.3. The van der Waals surface area contributed by atoms with E-state index < -0.39 is 34.0 Å². The maximum absolute atomic E-state index is 14.1. The molecule has 2 atom stereocenters. The van der Waals surface area contributed by atoms with Gasteiger partial charge in [0.1, 0.15) is 0 Å². The summed E-state index contributed by atoms with van der Waals surface area (Å²) in [5.41, 5.74) is 3.03. The van der Waals surface area contributed by atoms with E-state index in [2.05, 4.69) is 49.1 Å². The molecule has 0 amide bonds. The maximum Gasteiger partial charge on any atom is 0.200 e. The molecule has 7 heteroatoms. The highest BCUT2D eigenvalue weighted by molar-refractivity contribution is 7.99. The Morgan fingerprint density at radius 2 is 1.32 bits per heavy atom. The molecule has 0 radical (unpaired) electrons. The molecule has 1 nitrogen and oxygen atoms in total. The number of nitrogens with zero attached hydrogens (tertiary/aromatic N) is 1. The zero-order valence-corrected chi connectivity index (χ0v) is 19.1. The van der Waals surface area contributed by atoms with Crippen LogP contribution >= 0.6 is 11.8 Å². The molecule has 34 heavy (non-hydrogen) atoms. The van der Waals surface area contributed by atoms with Crippen LogP contribution in [0.1, 0.15) is 19.4 Å². The van der Waals surface area contributed by atoms with Gasteiger partial charge in [-0.1, -0.05) is 68.1 Å². The van der Waals surface area contributed by atoms with Gasteiger partial charge in [0.25, 0.3) is 0 Å². The van der Waals surface area contributed by atoms with E-state index in [4.69, 9.17) is 0 Å². The largest absolute Gasteiger partial charge is 0.334 e. The van der Waals surface area contributed by atoms with Crippen molar-refractivity contribution in [3.05, 3.63) is 107 Å². The van der Waals surface area contributed by atoms with Crippen molar-refractivity contribution in [2.24, 2.45) is 5.92 Å². The zero-order chi connectivity index (χ0) is 24.2. The molecule has 1 aliphatic heterocycles. The molecule has 0 spiro atoms. The third-order valence-electron chi connectivity index (χ3n) is 6.60. The number of allylic oxidation sites excluding steroid dienone is 2. The van der Waals surface area contributed by atoms with E-state index >= 15 is 0 Å². The fourth-order valence-corrected chi connectivity index (χ4v) is 5.72. The second-order valence-electron chi connectivity index (χ2n) is 8.89. The van der Waals surface area contributed by atoms with E-state index in [0.29, 0.717) is 16.7 Å². The Hall–Kier alpha value is -3.06. The van der Waals surface area contributed by atoms with Gasteiger partial charge in [-0.25, -0.2) is 22.0 Å². The van der Waals surface area contributed by atoms with Crippen LogP contribution in [0.3, 0.4) is 0 Å². The van der Waals surface area contributed by atoms with Crippen LogP contribution in [0, 0.1) is 35.0 Å². The molecule has 1 heterocycles. The van der Waals surface area contributed by atoms with Crippen LogP contribution in [0.25, 0.3) is 0 Å². The van der Waals surface area contributed by atoms with Crippen LogP contribution in [-0.4, -0.2) is 6.04 Å². The van der Waals surface area contributed by atoms with Crippen molar-refractivity contribution in [2.75, 3.05) is 4.90 Å². The Morgan fingerprint density at radius 1 is 0.735 bits per heavy atom. The molecule has 0 saturated heterocycles. The Morgan fingerprint density at radius 3 is 2.00 bits per heavy atom. The summed E-state index contributed by atoms with van der Waals surface area (Å²) in [4.78, 5) is 1.65. The number of hydrogen-bond donors (Lipinski definition) is 0. The quantitative estimate of drug-likeness (QED) is 0.210. The fraction of sp³-hybridized carbons (Fsp3) is 0.185. The topological polar surface area (TPSA) is 3.24 Å². The smallest absolute Gasteiger partial charge is 0.200 e. The van der Waals surface area contributed by atoms with E-state index in [-0.39, 0.29) is 17.4 Å². The number of rotatable bonds is 3. The van der Waals surface area contributed by atoms with E-state index in [1.165, 1.54) is 5.56 Å². The van der Waals surface area contributed by atoms with Crippen LogP contribution in [0.5, 0.6) is 0 Å². The summed E-state index contributed by atoms with van der Waals surface area (Å²) >= 11 is 0.501. The van der Waals surface area contributed by atoms with Crippen molar-refractivity contribution in [3.63, 3.8) is 0 Å². The van der Waals surface area contributed by atoms with Crippen LogP contribution in [0.15, 0.2) is 82.6 Å². The first kappa shape index (κ1) is 22.7. The lowest BCUT2D eigenvalue weighted by Crippen LogP contribution is -2.49. The van der Waals surface area contributed by atoms with Gasteiger partial charge in [0.15, 0.2) is 23.3 Å². The van der Waals surface area contributed by atoms with Crippen LogP contribution in [-0.2, 0) is 5.41 Å². The van der Waals surface area contributed by atoms with Gasteiger partial charge in [0.2, 0.25) is 5.82 Å². The predicted octanol–water partition coefficient (Wildman–Crippen LogP) is 8.07. The number of benzene rings is 3. The lowest BCUT2D eigenvalue weighted by Gasteiger charge is -2.50. The molecule has 2 unspecified atom stereocenters. The second kappa shape index (κ2) is 8.31. The van der Waals surface area contributed by atoms with E-state index in [0.717, 1.165) is 11.4 Å². The lowest BCUT2D eigenvalue weighted by molar-refractivity contribution is 0.332. The molecule has 0 aromatic heterocycles. The fourth-order valence-electron chi connectivity index (χ4n) is 4.86. The van der Waals surface area contributed by atoms with E-state index in [9.17, 15) is 22.0 Å². The van der Waals surface area contributed by atoms with Gasteiger partial charge in [-0.15, -0.1) is 0 Å². The number of hydrogen-bond acceptors (Lipinski definition) is 2. The molecule has 0 N–H and O–H groups in total. The molecule has 1 aliphatic carbocycles. The van der Waals surface area contributed by atoms with Gasteiger partial charge in [0, 0.05) is 27.6 Å². The minimum atomic E-state index is -2.16. The van der Waals surface area contributed by atoms with Crippen molar-refractivity contribution in [1.29, 1.82) is 0 Å². The molecular weight excluding hydrogens is 465 g/mol. The van der Waals surface area contributed by atoms with Gasteiger partial charge in [-0.2, -0.15) is 0 Å². The molecule has 0 saturated carbocycles. The highest BCUT2D eigenvalue weighted by atomic mass is 32.2. The summed E-state index contributed by atoms with van der Waals surface area (Å²) in [5.74, 6) is -9.51. The minimum absolute atomic E-state index is 0.0589. The average molecular weight is 486 g/mol. The average Bonchev–Trinajstić information content (AvgIpc) is 2.85. The number of anilines is 2. The van der Waals surface area contributed by atoms with Gasteiger partial charge in [-0.05, 0) is 35.9 Å². The molecule has 5 rings (SSSR count). The molecule has 2 aliphatic rings. The Kier molecular flexibility index (Phi) is 5.55. The van der Waals surface area contributed by atoms with Crippen molar-refractivity contribution in [1.82, 2.24) is 0 Å². The molecule has 3 aromatic rings. The molecule has 0 fully saturated rings. The Bertz CT molecular complexity index is 1300.